The summed E-state index contributed by atoms with van der Waals surface area (Å²) in [5, 5.41) is 0. The van der Waals surface area contributed by atoms with Crippen LogP contribution in [0.1, 0.15) is 139 Å². The molecule has 0 spiro atoms. The van der Waals surface area contributed by atoms with Crippen LogP contribution in [0, 0.1) is 6.92 Å². The summed E-state index contributed by atoms with van der Waals surface area (Å²) in [5.41, 5.74) is 0. The molecule has 198 valence electrons. The van der Waals surface area contributed by atoms with E-state index in [0.717, 1.165) is 0 Å². The molecule has 0 rings (SSSR count). The van der Waals surface area contributed by atoms with Crippen LogP contribution < -0.4 is 0 Å². The molecule has 0 heterocycles. The van der Waals surface area contributed by atoms with Gasteiger partial charge in [-0.2, -0.15) is 6.92 Å². The Morgan fingerprint density at radius 2 is 0.355 bits per heavy atom. The largest absolute Gasteiger partial charge is 0.346 e. The maximum absolute atomic E-state index is 3.36. The number of allylic oxidation sites excluding steroid dienone is 4. The maximum atomic E-state index is 3.36. The minimum Gasteiger partial charge on any atom is -0.346 e. The fraction of sp³-hybridized carbons (Fsp3) is 0.690. The van der Waals surface area contributed by atoms with Crippen LogP contribution in [0.4, 0.5) is 0 Å². The SMILES string of the molecule is C.C=CC.C=CC.C=CC.C=CC.CC.CC.CC.CC.CC.CC.CC.[CH2-]C.[Y].[Y]. The van der Waals surface area contributed by atoms with Gasteiger partial charge in [0.25, 0.3) is 0 Å². The normalized spacial score (nSPS) is 3.23. The summed E-state index contributed by atoms with van der Waals surface area (Å²) >= 11 is 0. The Balaban J connectivity index is -0.00000000691. The molecular weight excluding hydrogens is 526 g/mol. The molecule has 0 aliphatic carbocycles. The second kappa shape index (κ2) is 1060. The Kier molecular flexibility index (Phi) is 3630. The van der Waals surface area contributed by atoms with Crippen LogP contribution in [0.2, 0.25) is 0 Å². The molecule has 0 fully saturated rings. The van der Waals surface area contributed by atoms with Crippen molar-refractivity contribution in [2.45, 2.75) is 139 Å². The van der Waals surface area contributed by atoms with Gasteiger partial charge in [-0.3, -0.25) is 0 Å². The van der Waals surface area contributed by atoms with Crippen molar-refractivity contribution in [3.05, 3.63) is 57.5 Å². The van der Waals surface area contributed by atoms with Gasteiger partial charge in [0, 0.05) is 65.4 Å². The van der Waals surface area contributed by atoms with E-state index >= 15 is 0 Å². The Morgan fingerprint density at radius 1 is 0.355 bits per heavy atom. The average Bonchev–Trinajstić information content (AvgIpc) is 2.81. The average molecular weight is 602 g/mol. The summed E-state index contributed by atoms with van der Waals surface area (Å²) in [4.78, 5) is 0. The molecular formula is C29H75Y2-. The molecule has 2 heteroatoms. The molecule has 0 bridgehead atoms. The van der Waals surface area contributed by atoms with Gasteiger partial charge >= 0.3 is 0 Å². The van der Waals surface area contributed by atoms with E-state index < -0.39 is 0 Å². The van der Waals surface area contributed by atoms with E-state index in [1.165, 1.54) is 0 Å². The zero-order valence-electron chi connectivity index (χ0n) is 26.0. The summed E-state index contributed by atoms with van der Waals surface area (Å²) in [7, 11) is 0. The molecule has 0 aliphatic heterocycles. The molecule has 0 unspecified atom stereocenters. The zero-order valence-corrected chi connectivity index (χ0v) is 31.7. The van der Waals surface area contributed by atoms with Crippen molar-refractivity contribution in [3.63, 3.8) is 0 Å². The van der Waals surface area contributed by atoms with E-state index in [2.05, 4.69) is 33.2 Å². The molecule has 0 aromatic carbocycles. The topological polar surface area (TPSA) is 0 Å². The molecule has 0 amide bonds. The second-order valence-corrected chi connectivity index (χ2v) is 1.63. The third kappa shape index (κ3) is 19400. The smallest absolute Gasteiger partial charge is 0 e. The monoisotopic (exact) mass is 601 g/mol. The summed E-state index contributed by atoms with van der Waals surface area (Å²) in [6, 6.07) is 0. The van der Waals surface area contributed by atoms with Crippen molar-refractivity contribution in [2.24, 2.45) is 0 Å². The van der Waals surface area contributed by atoms with Gasteiger partial charge in [0.15, 0.2) is 0 Å². The third-order valence-corrected chi connectivity index (χ3v) is 0. The first-order valence-electron chi connectivity index (χ1n) is 11.6. The van der Waals surface area contributed by atoms with Gasteiger partial charge in [0.05, 0.1) is 0 Å². The molecule has 0 saturated carbocycles. The first kappa shape index (κ1) is 106. The molecule has 0 saturated heterocycles. The van der Waals surface area contributed by atoms with Gasteiger partial charge in [0.2, 0.25) is 0 Å². The van der Waals surface area contributed by atoms with E-state index in [-0.39, 0.29) is 72.8 Å². The quantitative estimate of drug-likeness (QED) is 0.191. The Labute approximate surface area is 259 Å². The maximum Gasteiger partial charge on any atom is 0 e. The van der Waals surface area contributed by atoms with Crippen LogP contribution in [0.3, 0.4) is 0 Å². The predicted octanol–water partition coefficient (Wildman–Crippen LogP) is 13.4. The van der Waals surface area contributed by atoms with Crippen LogP contribution in [-0.4, -0.2) is 0 Å². The number of rotatable bonds is 0. The van der Waals surface area contributed by atoms with Crippen molar-refractivity contribution in [3.8, 4) is 0 Å². The fourth-order valence-corrected chi connectivity index (χ4v) is 0. The van der Waals surface area contributed by atoms with Crippen LogP contribution in [0.5, 0.6) is 0 Å². The van der Waals surface area contributed by atoms with Crippen molar-refractivity contribution >= 4 is 0 Å². The molecule has 0 aromatic rings. The zero-order chi connectivity index (χ0) is 26.8. The standard InChI is InChI=1S/4C3H6.7C2H6.C2H5.CH4.2Y/c4*1-3-2;8*1-2;;;/h4*3H,1H2,2H3;7*1-2H3;1H2,2H3;1H4;;/q;;;;;;;;;;;-1;;;. The van der Waals surface area contributed by atoms with Crippen molar-refractivity contribution in [2.75, 3.05) is 0 Å². The van der Waals surface area contributed by atoms with Crippen LogP contribution >= 0.6 is 0 Å². The van der Waals surface area contributed by atoms with Crippen LogP contribution in [0.15, 0.2) is 50.6 Å². The summed E-state index contributed by atoms with van der Waals surface area (Å²) in [6.45, 7) is 54.0. The van der Waals surface area contributed by atoms with E-state index in [0.29, 0.717) is 0 Å². The van der Waals surface area contributed by atoms with Crippen molar-refractivity contribution in [1.82, 2.24) is 0 Å². The third-order valence-electron chi connectivity index (χ3n) is 0. The number of hydrogen-bond donors (Lipinski definition) is 0. The van der Waals surface area contributed by atoms with Crippen molar-refractivity contribution < 1.29 is 65.4 Å². The van der Waals surface area contributed by atoms with Gasteiger partial charge in [-0.25, -0.2) is 0 Å². The summed E-state index contributed by atoms with van der Waals surface area (Å²) < 4.78 is 0. The Hall–Kier alpha value is 1.17. The predicted molar refractivity (Wildman–Crippen MR) is 161 cm³/mol. The van der Waals surface area contributed by atoms with E-state index in [1.807, 2.05) is 125 Å². The molecule has 0 aromatic heterocycles. The van der Waals surface area contributed by atoms with Gasteiger partial charge in [-0.05, 0) is 27.7 Å². The first-order chi connectivity index (χ1) is 13.7. The summed E-state index contributed by atoms with van der Waals surface area (Å²) in [5.74, 6) is 0. The van der Waals surface area contributed by atoms with Gasteiger partial charge in [-0.15, -0.1) is 26.3 Å². The van der Waals surface area contributed by atoms with Gasteiger partial charge in [0.1, 0.15) is 0 Å². The molecule has 31 heavy (non-hydrogen) atoms. The summed E-state index contributed by atoms with van der Waals surface area (Å²) in [6.07, 6.45) is 7.00. The van der Waals surface area contributed by atoms with Crippen LogP contribution in [0.25, 0.3) is 0 Å². The van der Waals surface area contributed by atoms with E-state index in [1.54, 1.807) is 31.2 Å². The first-order valence-corrected chi connectivity index (χ1v) is 11.6. The van der Waals surface area contributed by atoms with E-state index in [9.17, 15) is 0 Å². The Bertz CT molecular complexity index is 64.7. The van der Waals surface area contributed by atoms with E-state index in [4.69, 9.17) is 0 Å². The minimum atomic E-state index is 0. The fourth-order valence-electron chi connectivity index (χ4n) is 0. The van der Waals surface area contributed by atoms with Gasteiger partial charge < -0.3 is 6.92 Å². The van der Waals surface area contributed by atoms with Crippen LogP contribution in [-0.2, 0) is 65.4 Å². The molecule has 0 nitrogen and oxygen atoms in total. The molecule has 0 N–H and O–H groups in total. The minimum absolute atomic E-state index is 0. The van der Waals surface area contributed by atoms with Crippen molar-refractivity contribution in [1.29, 1.82) is 0 Å². The molecule has 2 radical (unpaired) electrons. The second-order valence-electron chi connectivity index (χ2n) is 1.63. The molecule has 0 atom stereocenters. The molecule has 0 aliphatic rings. The van der Waals surface area contributed by atoms with Gasteiger partial charge in [-0.1, -0.05) is 129 Å². The number of hydrogen-bond acceptors (Lipinski definition) is 0. The Morgan fingerprint density at radius 3 is 0.355 bits per heavy atom.